The average Bonchev–Trinajstić information content (AvgIpc) is 3.28. The summed E-state index contributed by atoms with van der Waals surface area (Å²) in [6.07, 6.45) is 8.72. The maximum absolute atomic E-state index is 13.1. The van der Waals surface area contributed by atoms with E-state index < -0.39 is 0 Å². The Labute approximate surface area is 175 Å². The van der Waals surface area contributed by atoms with E-state index in [1.807, 2.05) is 10.6 Å². The molecule has 3 aliphatic heterocycles. The molecule has 0 aromatic carbocycles. The molecule has 2 aromatic heterocycles. The van der Waals surface area contributed by atoms with Crippen LogP contribution < -0.4 is 15.8 Å². The lowest BCUT2D eigenvalue weighted by atomic mass is 9.83. The number of carbonyl (C=O) groups is 1. The molecule has 8 nitrogen and oxygen atoms in total. The van der Waals surface area contributed by atoms with Crippen molar-refractivity contribution < 1.29 is 4.79 Å². The highest BCUT2D eigenvalue weighted by molar-refractivity contribution is 5.93. The van der Waals surface area contributed by atoms with E-state index in [1.54, 1.807) is 24.7 Å². The van der Waals surface area contributed by atoms with Crippen molar-refractivity contribution in [3.63, 3.8) is 0 Å². The van der Waals surface area contributed by atoms with Gasteiger partial charge < -0.3 is 19.7 Å². The van der Waals surface area contributed by atoms with Gasteiger partial charge in [0, 0.05) is 56.7 Å². The van der Waals surface area contributed by atoms with Crippen LogP contribution in [0, 0.1) is 5.92 Å². The Morgan fingerprint density at radius 3 is 2.80 bits per heavy atom. The third-order valence-corrected chi connectivity index (χ3v) is 6.63. The molecule has 0 spiro atoms. The topological polar surface area (TPSA) is 83.4 Å². The molecular formula is C22H28N6O2. The van der Waals surface area contributed by atoms with Crippen LogP contribution in [-0.2, 0) is 6.54 Å². The average molecular weight is 409 g/mol. The highest BCUT2D eigenvalue weighted by atomic mass is 16.2. The number of anilines is 1. The number of piperidine rings is 1. The second kappa shape index (κ2) is 8.18. The van der Waals surface area contributed by atoms with Crippen molar-refractivity contribution in [1.82, 2.24) is 24.8 Å². The quantitative estimate of drug-likeness (QED) is 0.797. The largest absolute Gasteiger partial charge is 0.354 e. The summed E-state index contributed by atoms with van der Waals surface area (Å²) in [4.78, 5) is 39.0. The van der Waals surface area contributed by atoms with Gasteiger partial charge in [-0.3, -0.25) is 14.6 Å². The van der Waals surface area contributed by atoms with Crippen LogP contribution in [0.15, 0.2) is 35.5 Å². The standard InChI is InChI=1S/C22H28N6O2/c29-21(25-7-10-26-8-1-2-9-26)18-3-4-19-17-11-16(14-28(19)22(18)30)13-27(15-17)20-12-23-5-6-24-20/h3-6,12,16-17H,1-2,7-11,13-15H2,(H,25,29)/t16-,17+/m0/s1. The van der Waals surface area contributed by atoms with Crippen LogP contribution in [-0.4, -0.2) is 64.6 Å². The Bertz CT molecular complexity index is 969. The van der Waals surface area contributed by atoms with Crippen LogP contribution in [0.3, 0.4) is 0 Å². The molecule has 2 saturated heterocycles. The number of rotatable bonds is 5. The summed E-state index contributed by atoms with van der Waals surface area (Å²) in [5.74, 6) is 1.26. The van der Waals surface area contributed by atoms with Crippen molar-refractivity contribution in [2.45, 2.75) is 31.7 Å². The number of pyridine rings is 1. The normalized spacial score (nSPS) is 23.3. The molecular weight excluding hydrogens is 380 g/mol. The van der Waals surface area contributed by atoms with E-state index in [2.05, 4.69) is 25.1 Å². The molecule has 0 saturated carbocycles. The molecule has 1 N–H and O–H groups in total. The number of amides is 1. The third kappa shape index (κ3) is 3.71. The molecule has 158 valence electrons. The van der Waals surface area contributed by atoms with Gasteiger partial charge in [-0.05, 0) is 50.4 Å². The predicted molar refractivity (Wildman–Crippen MR) is 114 cm³/mol. The fourth-order valence-electron chi connectivity index (χ4n) is 5.19. The van der Waals surface area contributed by atoms with Gasteiger partial charge in [0.05, 0.1) is 6.20 Å². The van der Waals surface area contributed by atoms with Crippen LogP contribution in [0.1, 0.15) is 41.2 Å². The van der Waals surface area contributed by atoms with Crippen molar-refractivity contribution in [2.75, 3.05) is 44.2 Å². The molecule has 2 atom stereocenters. The number of likely N-dealkylation sites (tertiary alicyclic amines) is 1. The summed E-state index contributed by atoms with van der Waals surface area (Å²) in [6, 6.07) is 3.68. The molecule has 5 rings (SSSR count). The van der Waals surface area contributed by atoms with Crippen LogP contribution in [0.25, 0.3) is 0 Å². The van der Waals surface area contributed by atoms with Crippen LogP contribution in [0.4, 0.5) is 5.82 Å². The molecule has 3 aliphatic rings. The van der Waals surface area contributed by atoms with Gasteiger partial charge in [0.15, 0.2) is 0 Å². The van der Waals surface area contributed by atoms with Crippen molar-refractivity contribution in [1.29, 1.82) is 0 Å². The molecule has 0 aliphatic carbocycles. The van der Waals surface area contributed by atoms with Gasteiger partial charge in [0.2, 0.25) is 0 Å². The number of aromatic nitrogens is 3. The SMILES string of the molecule is O=C(NCCN1CCCC1)c1ccc2n(c1=O)C[C@H]1C[C@@H]2CN(c2cnccn2)C1. The van der Waals surface area contributed by atoms with E-state index in [-0.39, 0.29) is 22.9 Å². The number of nitrogens with zero attached hydrogens (tertiary/aromatic N) is 5. The number of fused-ring (bicyclic) bond motifs is 4. The molecule has 0 radical (unpaired) electrons. The van der Waals surface area contributed by atoms with Crippen LogP contribution in [0.2, 0.25) is 0 Å². The smallest absolute Gasteiger partial charge is 0.263 e. The second-order valence-corrected chi connectivity index (χ2v) is 8.66. The summed E-state index contributed by atoms with van der Waals surface area (Å²) < 4.78 is 1.84. The summed E-state index contributed by atoms with van der Waals surface area (Å²) in [7, 11) is 0. The molecule has 2 fully saturated rings. The Balaban J connectivity index is 1.30. The van der Waals surface area contributed by atoms with Gasteiger partial charge in [0.25, 0.3) is 11.5 Å². The first-order valence-corrected chi connectivity index (χ1v) is 10.9. The Hall–Kier alpha value is -2.74. The maximum atomic E-state index is 13.1. The van der Waals surface area contributed by atoms with E-state index in [0.717, 1.165) is 50.7 Å². The van der Waals surface area contributed by atoms with Crippen molar-refractivity contribution in [2.24, 2.45) is 5.92 Å². The molecule has 2 aromatic rings. The van der Waals surface area contributed by atoms with Gasteiger partial charge in [-0.15, -0.1) is 0 Å². The van der Waals surface area contributed by atoms with E-state index in [1.165, 1.54) is 12.8 Å². The Morgan fingerprint density at radius 1 is 1.13 bits per heavy atom. The van der Waals surface area contributed by atoms with Crippen molar-refractivity contribution in [3.05, 3.63) is 52.3 Å². The summed E-state index contributed by atoms with van der Waals surface area (Å²) in [5.41, 5.74) is 1.12. The van der Waals surface area contributed by atoms with Crippen molar-refractivity contribution in [3.8, 4) is 0 Å². The minimum atomic E-state index is -0.258. The van der Waals surface area contributed by atoms with Gasteiger partial charge >= 0.3 is 0 Å². The summed E-state index contributed by atoms with van der Waals surface area (Å²) in [5, 5.41) is 2.94. The molecule has 30 heavy (non-hydrogen) atoms. The lowest BCUT2D eigenvalue weighted by Crippen LogP contribution is -2.48. The third-order valence-electron chi connectivity index (χ3n) is 6.63. The van der Waals surface area contributed by atoms with E-state index >= 15 is 0 Å². The number of nitrogens with one attached hydrogen (secondary N) is 1. The highest BCUT2D eigenvalue weighted by Crippen LogP contribution is 2.36. The first kappa shape index (κ1) is 19.2. The highest BCUT2D eigenvalue weighted by Gasteiger charge is 2.35. The Morgan fingerprint density at radius 2 is 2.00 bits per heavy atom. The van der Waals surface area contributed by atoms with E-state index in [0.29, 0.717) is 19.0 Å². The number of carbonyl (C=O) groups excluding carboxylic acids is 1. The molecule has 1 amide bonds. The number of hydrogen-bond donors (Lipinski definition) is 1. The van der Waals surface area contributed by atoms with Gasteiger partial charge in [-0.25, -0.2) is 4.98 Å². The zero-order valence-electron chi connectivity index (χ0n) is 17.2. The second-order valence-electron chi connectivity index (χ2n) is 8.66. The summed E-state index contributed by atoms with van der Waals surface area (Å²) in [6.45, 7) is 5.95. The minimum Gasteiger partial charge on any atom is -0.354 e. The van der Waals surface area contributed by atoms with Gasteiger partial charge in [-0.1, -0.05) is 0 Å². The fraction of sp³-hybridized carbons (Fsp3) is 0.545. The molecule has 0 unspecified atom stereocenters. The Kier molecular flexibility index (Phi) is 5.25. The van der Waals surface area contributed by atoms with Crippen LogP contribution in [0.5, 0.6) is 0 Å². The molecule has 2 bridgehead atoms. The monoisotopic (exact) mass is 408 g/mol. The fourth-order valence-corrected chi connectivity index (χ4v) is 5.19. The first-order valence-electron chi connectivity index (χ1n) is 10.9. The van der Waals surface area contributed by atoms with Crippen LogP contribution >= 0.6 is 0 Å². The zero-order chi connectivity index (χ0) is 20.5. The predicted octanol–water partition coefficient (Wildman–Crippen LogP) is 1.09. The van der Waals surface area contributed by atoms with E-state index in [4.69, 9.17) is 0 Å². The minimum absolute atomic E-state index is 0.158. The molecule has 5 heterocycles. The zero-order valence-corrected chi connectivity index (χ0v) is 17.2. The lowest BCUT2D eigenvalue weighted by Gasteiger charge is -2.43. The maximum Gasteiger partial charge on any atom is 0.263 e. The lowest BCUT2D eigenvalue weighted by molar-refractivity contribution is 0.0947. The van der Waals surface area contributed by atoms with Crippen molar-refractivity contribution >= 4 is 11.7 Å². The first-order chi connectivity index (χ1) is 14.7. The molecule has 8 heteroatoms. The summed E-state index contributed by atoms with van der Waals surface area (Å²) >= 11 is 0. The van der Waals surface area contributed by atoms with E-state index in [9.17, 15) is 9.59 Å². The van der Waals surface area contributed by atoms with Gasteiger partial charge in [-0.2, -0.15) is 0 Å². The number of hydrogen-bond acceptors (Lipinski definition) is 6. The van der Waals surface area contributed by atoms with Gasteiger partial charge in [0.1, 0.15) is 11.4 Å².